The van der Waals surface area contributed by atoms with Crippen LogP contribution < -0.4 is 10.2 Å². The van der Waals surface area contributed by atoms with Crippen LogP contribution in [0.5, 0.6) is 0 Å². The van der Waals surface area contributed by atoms with Crippen molar-refractivity contribution in [2.45, 2.75) is 13.8 Å². The van der Waals surface area contributed by atoms with Gasteiger partial charge in [-0.25, -0.2) is 4.99 Å². The van der Waals surface area contributed by atoms with Crippen molar-refractivity contribution < 1.29 is 9.53 Å². The molecule has 0 unspecified atom stereocenters. The van der Waals surface area contributed by atoms with E-state index < -0.39 is 0 Å². The molecular formula is C22H23N3O2S. The topological polar surface area (TPSA) is 53.9 Å². The van der Waals surface area contributed by atoms with Crippen LogP contribution >= 0.6 is 11.8 Å². The van der Waals surface area contributed by atoms with Gasteiger partial charge in [0.2, 0.25) is 0 Å². The Kier molecular flexibility index (Phi) is 5.50. The average molecular weight is 394 g/mol. The highest BCUT2D eigenvalue weighted by Crippen LogP contribution is 2.29. The maximum Gasteiger partial charge on any atom is 0.264 e. The van der Waals surface area contributed by atoms with E-state index in [1.54, 1.807) is 0 Å². The normalized spacial score (nSPS) is 20.1. The van der Waals surface area contributed by atoms with Crippen LogP contribution in [0.3, 0.4) is 0 Å². The molecule has 2 heterocycles. The highest BCUT2D eigenvalue weighted by molar-refractivity contribution is 8.18. The third-order valence-corrected chi connectivity index (χ3v) is 5.70. The van der Waals surface area contributed by atoms with Crippen molar-refractivity contribution in [3.8, 4) is 0 Å². The minimum Gasteiger partial charge on any atom is -0.378 e. The van der Waals surface area contributed by atoms with Crippen molar-refractivity contribution in [1.82, 2.24) is 5.32 Å². The fourth-order valence-corrected chi connectivity index (χ4v) is 4.11. The molecule has 28 heavy (non-hydrogen) atoms. The molecule has 1 amide bonds. The minimum atomic E-state index is -0.106. The smallest absolute Gasteiger partial charge is 0.264 e. The molecule has 4 rings (SSSR count). The SMILES string of the molecule is Cc1ccc(N=C2NC(=O)C(=Cc3ccc(N4CCOCC4)cc3)S2)c(C)c1. The predicted octanol–water partition coefficient (Wildman–Crippen LogP) is 4.03. The molecule has 0 aromatic heterocycles. The maximum atomic E-state index is 12.3. The number of nitrogens with one attached hydrogen (secondary N) is 1. The van der Waals surface area contributed by atoms with E-state index in [2.05, 4.69) is 40.3 Å². The second-order valence-corrected chi connectivity index (χ2v) is 7.99. The Bertz CT molecular complexity index is 945. The van der Waals surface area contributed by atoms with Gasteiger partial charge in [0.15, 0.2) is 5.17 Å². The average Bonchev–Trinajstić information content (AvgIpc) is 3.04. The number of amidine groups is 1. The second-order valence-electron chi connectivity index (χ2n) is 6.96. The number of rotatable bonds is 3. The number of morpholine rings is 1. The van der Waals surface area contributed by atoms with Gasteiger partial charge in [-0.1, -0.05) is 29.8 Å². The zero-order chi connectivity index (χ0) is 19.5. The van der Waals surface area contributed by atoms with Crippen LogP contribution in [0.1, 0.15) is 16.7 Å². The van der Waals surface area contributed by atoms with E-state index in [1.165, 1.54) is 23.0 Å². The van der Waals surface area contributed by atoms with E-state index in [1.807, 2.05) is 37.3 Å². The predicted molar refractivity (Wildman–Crippen MR) is 116 cm³/mol. The first kappa shape index (κ1) is 18.8. The van der Waals surface area contributed by atoms with Gasteiger partial charge in [0.1, 0.15) is 0 Å². The molecule has 2 saturated heterocycles. The molecule has 0 spiro atoms. The lowest BCUT2D eigenvalue weighted by Gasteiger charge is -2.28. The van der Waals surface area contributed by atoms with Crippen LogP contribution in [0.15, 0.2) is 52.4 Å². The monoisotopic (exact) mass is 393 g/mol. The summed E-state index contributed by atoms with van der Waals surface area (Å²) in [6, 6.07) is 14.4. The summed E-state index contributed by atoms with van der Waals surface area (Å²) in [4.78, 5) is 19.9. The highest BCUT2D eigenvalue weighted by atomic mass is 32.2. The number of aryl methyl sites for hydroxylation is 2. The van der Waals surface area contributed by atoms with Crippen LogP contribution in [0, 0.1) is 13.8 Å². The molecule has 1 N–H and O–H groups in total. The van der Waals surface area contributed by atoms with Crippen molar-refractivity contribution in [3.05, 3.63) is 64.1 Å². The Morgan fingerprint density at radius 2 is 1.86 bits per heavy atom. The summed E-state index contributed by atoms with van der Waals surface area (Å²) in [6.45, 7) is 7.45. The molecule has 0 radical (unpaired) electrons. The number of thioether (sulfide) groups is 1. The first-order valence-corrected chi connectivity index (χ1v) is 10.2. The molecule has 144 valence electrons. The van der Waals surface area contributed by atoms with E-state index in [0.29, 0.717) is 10.1 Å². The number of hydrogen-bond donors (Lipinski definition) is 1. The number of carbonyl (C=O) groups is 1. The van der Waals surface area contributed by atoms with Crippen LogP contribution in [0.25, 0.3) is 6.08 Å². The number of benzene rings is 2. The van der Waals surface area contributed by atoms with Crippen molar-refractivity contribution in [2.75, 3.05) is 31.2 Å². The number of anilines is 1. The van der Waals surface area contributed by atoms with Crippen molar-refractivity contribution in [2.24, 2.45) is 4.99 Å². The summed E-state index contributed by atoms with van der Waals surface area (Å²) in [5.74, 6) is -0.106. The van der Waals surface area contributed by atoms with Crippen LogP contribution in [0.2, 0.25) is 0 Å². The van der Waals surface area contributed by atoms with Gasteiger partial charge < -0.3 is 15.0 Å². The van der Waals surface area contributed by atoms with E-state index in [9.17, 15) is 4.79 Å². The number of carbonyl (C=O) groups excluding carboxylic acids is 1. The van der Waals surface area contributed by atoms with E-state index in [0.717, 1.165) is 43.1 Å². The van der Waals surface area contributed by atoms with Gasteiger partial charge >= 0.3 is 0 Å². The Morgan fingerprint density at radius 1 is 1.11 bits per heavy atom. The van der Waals surface area contributed by atoms with Gasteiger partial charge in [0.25, 0.3) is 5.91 Å². The van der Waals surface area contributed by atoms with E-state index >= 15 is 0 Å². The molecule has 0 aliphatic carbocycles. The zero-order valence-corrected chi connectivity index (χ0v) is 16.9. The number of aliphatic imine (C=N–C) groups is 1. The lowest BCUT2D eigenvalue weighted by atomic mass is 10.1. The fraction of sp³-hybridized carbons (Fsp3) is 0.273. The van der Waals surface area contributed by atoms with E-state index in [4.69, 9.17) is 4.74 Å². The number of nitrogens with zero attached hydrogens (tertiary/aromatic N) is 2. The van der Waals surface area contributed by atoms with Crippen molar-refractivity contribution in [1.29, 1.82) is 0 Å². The van der Waals surface area contributed by atoms with Crippen molar-refractivity contribution in [3.63, 3.8) is 0 Å². The summed E-state index contributed by atoms with van der Waals surface area (Å²) in [6.07, 6.45) is 1.91. The van der Waals surface area contributed by atoms with Crippen LogP contribution in [0.4, 0.5) is 11.4 Å². The van der Waals surface area contributed by atoms with Gasteiger partial charge in [0, 0.05) is 18.8 Å². The Labute approximate surface area is 169 Å². The molecule has 2 aromatic carbocycles. The van der Waals surface area contributed by atoms with Gasteiger partial charge in [-0.15, -0.1) is 0 Å². The molecule has 0 atom stereocenters. The summed E-state index contributed by atoms with van der Waals surface area (Å²) in [7, 11) is 0. The van der Waals surface area contributed by atoms with E-state index in [-0.39, 0.29) is 5.91 Å². The molecule has 0 saturated carbocycles. The first-order valence-electron chi connectivity index (χ1n) is 9.38. The molecule has 5 nitrogen and oxygen atoms in total. The maximum absolute atomic E-state index is 12.3. The lowest BCUT2D eigenvalue weighted by molar-refractivity contribution is -0.115. The number of hydrogen-bond acceptors (Lipinski definition) is 5. The summed E-state index contributed by atoms with van der Waals surface area (Å²) < 4.78 is 5.40. The molecule has 2 aromatic rings. The number of amides is 1. The molecular weight excluding hydrogens is 370 g/mol. The minimum absolute atomic E-state index is 0.106. The van der Waals surface area contributed by atoms with Gasteiger partial charge in [0.05, 0.1) is 23.8 Å². The third kappa shape index (κ3) is 4.29. The van der Waals surface area contributed by atoms with Gasteiger partial charge in [-0.3, -0.25) is 4.79 Å². The highest BCUT2D eigenvalue weighted by Gasteiger charge is 2.24. The largest absolute Gasteiger partial charge is 0.378 e. The second kappa shape index (κ2) is 8.20. The van der Waals surface area contributed by atoms with Crippen LogP contribution in [-0.4, -0.2) is 37.4 Å². The molecule has 2 aliphatic rings. The zero-order valence-electron chi connectivity index (χ0n) is 16.1. The van der Waals surface area contributed by atoms with Gasteiger partial charge in [-0.05, 0) is 61.0 Å². The summed E-state index contributed by atoms with van der Waals surface area (Å²) >= 11 is 1.38. The Balaban J connectivity index is 1.49. The summed E-state index contributed by atoms with van der Waals surface area (Å²) in [5, 5.41) is 3.48. The Hall–Kier alpha value is -2.57. The first-order chi connectivity index (χ1) is 13.6. The quantitative estimate of drug-likeness (QED) is 0.800. The third-order valence-electron chi connectivity index (χ3n) is 4.79. The fourth-order valence-electron chi connectivity index (χ4n) is 3.28. The molecule has 2 fully saturated rings. The lowest BCUT2D eigenvalue weighted by Crippen LogP contribution is -2.36. The molecule has 0 bridgehead atoms. The molecule has 2 aliphatic heterocycles. The van der Waals surface area contributed by atoms with Crippen molar-refractivity contribution >= 4 is 40.3 Å². The summed E-state index contributed by atoms with van der Waals surface area (Å²) in [5.41, 5.74) is 5.36. The Morgan fingerprint density at radius 3 is 2.57 bits per heavy atom. The van der Waals surface area contributed by atoms with Crippen LogP contribution in [-0.2, 0) is 9.53 Å². The molecule has 6 heteroatoms. The number of ether oxygens (including phenoxy) is 1. The van der Waals surface area contributed by atoms with Gasteiger partial charge in [-0.2, -0.15) is 0 Å². The standard InChI is InChI=1S/C22H23N3O2S/c1-15-3-8-19(16(2)13-15)23-22-24-21(26)20(28-22)14-17-4-6-18(7-5-17)25-9-11-27-12-10-25/h3-8,13-14H,9-12H2,1-2H3,(H,23,24,26).